The van der Waals surface area contributed by atoms with Crippen LogP contribution >= 0.6 is 0 Å². The molecule has 0 saturated carbocycles. The fraction of sp³-hybridized carbons (Fsp3) is 0.235. The number of rotatable bonds is 6. The van der Waals surface area contributed by atoms with Gasteiger partial charge in [-0.25, -0.2) is 12.7 Å². The van der Waals surface area contributed by atoms with Crippen molar-refractivity contribution in [3.05, 3.63) is 54.0 Å². The topological polar surface area (TPSA) is 129 Å². The number of nitrogens with one attached hydrogen (secondary N) is 2. The summed E-state index contributed by atoms with van der Waals surface area (Å²) in [6, 6.07) is 8.40. The maximum atomic E-state index is 12.2. The summed E-state index contributed by atoms with van der Waals surface area (Å²) < 4.78 is 30.3. The minimum absolute atomic E-state index is 0.0447. The predicted octanol–water partition coefficient (Wildman–Crippen LogP) is 0.0631. The Morgan fingerprint density at radius 1 is 1.04 bits per heavy atom. The lowest BCUT2D eigenvalue weighted by Gasteiger charge is -2.16. The molecule has 150 valence electrons. The number of hydrogen-bond donors (Lipinski definition) is 2. The van der Waals surface area contributed by atoms with Crippen molar-refractivity contribution >= 4 is 27.7 Å². The van der Waals surface area contributed by atoms with E-state index in [1.807, 2.05) is 0 Å². The van der Waals surface area contributed by atoms with Crippen LogP contribution in [0.1, 0.15) is 20.9 Å². The van der Waals surface area contributed by atoms with E-state index in [1.54, 1.807) is 6.07 Å². The van der Waals surface area contributed by atoms with Gasteiger partial charge in [0.05, 0.1) is 11.2 Å². The monoisotopic (exact) mass is 408 g/mol. The molecule has 0 aliphatic rings. The fourth-order valence-electron chi connectivity index (χ4n) is 2.12. The third kappa shape index (κ3) is 4.96. The molecule has 1 heterocycles. The van der Waals surface area contributed by atoms with Crippen LogP contribution in [0.5, 0.6) is 0 Å². The highest BCUT2D eigenvalue weighted by Gasteiger charge is 2.20. The van der Waals surface area contributed by atoms with Crippen molar-refractivity contribution in [2.75, 3.05) is 27.7 Å². The number of hydrazine groups is 1. The molecule has 0 fully saturated rings. The van der Waals surface area contributed by atoms with E-state index in [0.717, 1.165) is 9.21 Å². The van der Waals surface area contributed by atoms with Gasteiger partial charge in [0.15, 0.2) is 5.76 Å². The summed E-state index contributed by atoms with van der Waals surface area (Å²) in [6.45, 7) is -0.325. The number of amides is 3. The summed E-state index contributed by atoms with van der Waals surface area (Å²) in [4.78, 5) is 37.2. The molecule has 0 aliphatic heterocycles. The number of furan rings is 1. The van der Waals surface area contributed by atoms with Crippen LogP contribution in [0, 0.1) is 0 Å². The second-order valence-corrected chi connectivity index (χ2v) is 8.11. The average Bonchev–Trinajstić information content (AvgIpc) is 3.20. The fourth-order valence-corrected chi connectivity index (χ4v) is 3.07. The van der Waals surface area contributed by atoms with Gasteiger partial charge in [-0.3, -0.25) is 25.2 Å². The molecule has 0 unspecified atom stereocenters. The molecular weight excluding hydrogens is 388 g/mol. The molecule has 0 spiro atoms. The lowest BCUT2D eigenvalue weighted by atomic mass is 10.2. The minimum atomic E-state index is -3.70. The first-order valence-corrected chi connectivity index (χ1v) is 9.47. The Hall–Kier alpha value is -3.18. The number of benzene rings is 1. The van der Waals surface area contributed by atoms with Crippen molar-refractivity contribution < 1.29 is 27.2 Å². The zero-order chi connectivity index (χ0) is 20.9. The van der Waals surface area contributed by atoms with Crippen molar-refractivity contribution in [1.82, 2.24) is 20.1 Å². The second kappa shape index (κ2) is 8.67. The van der Waals surface area contributed by atoms with Gasteiger partial charge in [0.1, 0.15) is 6.54 Å². The summed E-state index contributed by atoms with van der Waals surface area (Å²) in [5, 5.41) is 0. The van der Waals surface area contributed by atoms with Crippen molar-refractivity contribution in [3.8, 4) is 0 Å². The molecule has 28 heavy (non-hydrogen) atoms. The highest BCUT2D eigenvalue weighted by molar-refractivity contribution is 7.89. The molecule has 2 aromatic rings. The van der Waals surface area contributed by atoms with E-state index < -0.39 is 27.7 Å². The minimum Gasteiger partial charge on any atom is -0.459 e. The Balaban J connectivity index is 1.95. The normalized spacial score (nSPS) is 11.1. The summed E-state index contributed by atoms with van der Waals surface area (Å²) in [5.41, 5.74) is 4.39. The standard InChI is InChI=1S/C17H20N4O6S/c1-20(2)28(25,26)13-7-4-6-12(10-13)16(23)19-18-15(22)11-21(3)17(24)14-8-5-9-27-14/h4-10H,11H2,1-3H3,(H,18,22)(H,19,23). The Labute approximate surface area is 162 Å². The van der Waals surface area contributed by atoms with Crippen LogP contribution in [-0.4, -0.2) is 63.0 Å². The van der Waals surface area contributed by atoms with Crippen molar-refractivity contribution in [2.45, 2.75) is 4.90 Å². The molecule has 3 amide bonds. The van der Waals surface area contributed by atoms with Crippen LogP contribution in [0.2, 0.25) is 0 Å². The van der Waals surface area contributed by atoms with Crippen molar-refractivity contribution in [1.29, 1.82) is 0 Å². The van der Waals surface area contributed by atoms with Gasteiger partial charge in [0.2, 0.25) is 10.0 Å². The molecule has 0 bridgehead atoms. The Kier molecular flexibility index (Phi) is 6.54. The molecule has 1 aromatic carbocycles. The molecule has 0 saturated heterocycles. The maximum absolute atomic E-state index is 12.2. The third-order valence-electron chi connectivity index (χ3n) is 3.65. The quantitative estimate of drug-likeness (QED) is 0.651. The first-order chi connectivity index (χ1) is 13.1. The van der Waals surface area contributed by atoms with Crippen LogP contribution in [0.25, 0.3) is 0 Å². The van der Waals surface area contributed by atoms with E-state index in [0.29, 0.717) is 0 Å². The van der Waals surface area contributed by atoms with Crippen LogP contribution in [-0.2, 0) is 14.8 Å². The molecule has 0 atom stereocenters. The average molecular weight is 408 g/mol. The number of likely N-dealkylation sites (N-methyl/N-ethyl adjacent to an activating group) is 1. The molecule has 0 radical (unpaired) electrons. The highest BCUT2D eigenvalue weighted by Crippen LogP contribution is 2.14. The Morgan fingerprint density at radius 2 is 1.75 bits per heavy atom. The van der Waals surface area contributed by atoms with Crippen LogP contribution < -0.4 is 10.9 Å². The second-order valence-electron chi connectivity index (χ2n) is 5.96. The van der Waals surface area contributed by atoms with E-state index in [9.17, 15) is 22.8 Å². The molecule has 11 heteroatoms. The van der Waals surface area contributed by atoms with Crippen molar-refractivity contribution in [3.63, 3.8) is 0 Å². The van der Waals surface area contributed by atoms with E-state index in [1.165, 1.54) is 57.7 Å². The number of carbonyl (C=O) groups excluding carboxylic acids is 3. The number of sulfonamides is 1. The lowest BCUT2D eigenvalue weighted by Crippen LogP contribution is -2.46. The van der Waals surface area contributed by atoms with Gasteiger partial charge in [-0.15, -0.1) is 0 Å². The Bertz CT molecular complexity index is 969. The van der Waals surface area contributed by atoms with Crippen molar-refractivity contribution in [2.24, 2.45) is 0 Å². The molecule has 2 N–H and O–H groups in total. The van der Waals surface area contributed by atoms with Gasteiger partial charge in [0.25, 0.3) is 17.7 Å². The Morgan fingerprint density at radius 3 is 2.36 bits per heavy atom. The summed E-state index contributed by atoms with van der Waals surface area (Å²) in [7, 11) is 0.462. The largest absolute Gasteiger partial charge is 0.459 e. The molecule has 10 nitrogen and oxygen atoms in total. The maximum Gasteiger partial charge on any atom is 0.289 e. The van der Waals surface area contributed by atoms with E-state index >= 15 is 0 Å². The highest BCUT2D eigenvalue weighted by atomic mass is 32.2. The van der Waals surface area contributed by atoms with Crippen LogP contribution in [0.15, 0.2) is 52.0 Å². The molecule has 1 aromatic heterocycles. The number of carbonyl (C=O) groups is 3. The van der Waals surface area contributed by atoms with Gasteiger partial charge >= 0.3 is 0 Å². The van der Waals surface area contributed by atoms with Gasteiger partial charge in [-0.2, -0.15) is 0 Å². The van der Waals surface area contributed by atoms with E-state index in [2.05, 4.69) is 10.9 Å². The van der Waals surface area contributed by atoms with E-state index in [4.69, 9.17) is 4.42 Å². The number of hydrogen-bond acceptors (Lipinski definition) is 6. The summed E-state index contributed by atoms with van der Waals surface area (Å²) >= 11 is 0. The van der Waals surface area contributed by atoms with Gasteiger partial charge < -0.3 is 9.32 Å². The first kappa shape index (κ1) is 21.1. The van der Waals surface area contributed by atoms with Gasteiger partial charge in [-0.1, -0.05) is 6.07 Å². The first-order valence-electron chi connectivity index (χ1n) is 8.03. The van der Waals surface area contributed by atoms with Crippen LogP contribution in [0.4, 0.5) is 0 Å². The zero-order valence-corrected chi connectivity index (χ0v) is 16.3. The smallest absolute Gasteiger partial charge is 0.289 e. The summed E-state index contributed by atoms with van der Waals surface area (Å²) in [5.74, 6) is -1.76. The number of nitrogens with zero attached hydrogens (tertiary/aromatic N) is 2. The molecular formula is C17H20N4O6S. The van der Waals surface area contributed by atoms with Gasteiger partial charge in [-0.05, 0) is 30.3 Å². The van der Waals surface area contributed by atoms with Gasteiger partial charge in [0, 0.05) is 26.7 Å². The van der Waals surface area contributed by atoms with Crippen LogP contribution in [0.3, 0.4) is 0 Å². The summed E-state index contributed by atoms with van der Waals surface area (Å²) in [6.07, 6.45) is 1.34. The zero-order valence-electron chi connectivity index (χ0n) is 15.5. The molecule has 2 rings (SSSR count). The third-order valence-corrected chi connectivity index (χ3v) is 5.46. The lowest BCUT2D eigenvalue weighted by molar-refractivity contribution is -0.122. The SMILES string of the molecule is CN(CC(=O)NNC(=O)c1cccc(S(=O)(=O)N(C)C)c1)C(=O)c1ccco1. The molecule has 0 aliphatic carbocycles. The predicted molar refractivity (Wildman–Crippen MR) is 98.6 cm³/mol. The van der Waals surface area contributed by atoms with E-state index in [-0.39, 0.29) is 22.8 Å².